The Bertz CT molecular complexity index is 445. The van der Waals surface area contributed by atoms with Gasteiger partial charge in [-0.05, 0) is 12.8 Å². The third-order valence-electron chi connectivity index (χ3n) is 4.53. The number of hydrogen-bond acceptors (Lipinski definition) is 4. The second-order valence-corrected chi connectivity index (χ2v) is 5.88. The number of hydrogen-bond donors (Lipinski definition) is 3. The van der Waals surface area contributed by atoms with Crippen molar-refractivity contribution in [1.82, 2.24) is 4.90 Å². The summed E-state index contributed by atoms with van der Waals surface area (Å²) in [6, 6.07) is 0. The van der Waals surface area contributed by atoms with Crippen LogP contribution in [0, 0.1) is 5.41 Å². The standard InChI is InChI=1S/C13H21N3O4/c14-9(17)4-7-13(20,10(15)18)16-8-12(11(16)19)5-2-1-3-6-12/h20H,1-8H2,(H2,14,17)(H2,15,18)/t13-/m0/s1. The second kappa shape index (κ2) is 5.05. The molecule has 0 aromatic rings. The van der Waals surface area contributed by atoms with Crippen LogP contribution in [0.5, 0.6) is 0 Å². The van der Waals surface area contributed by atoms with Crippen LogP contribution >= 0.6 is 0 Å². The minimum Gasteiger partial charge on any atom is -0.370 e. The molecule has 1 saturated heterocycles. The first-order valence-corrected chi connectivity index (χ1v) is 6.94. The molecule has 0 radical (unpaired) electrons. The summed E-state index contributed by atoms with van der Waals surface area (Å²) in [6.45, 7) is 0.323. The molecule has 0 unspecified atom stereocenters. The molecule has 1 aliphatic carbocycles. The summed E-state index contributed by atoms with van der Waals surface area (Å²) in [5.41, 5.74) is 7.70. The predicted octanol–water partition coefficient (Wildman–Crippen LogP) is -0.782. The second-order valence-electron chi connectivity index (χ2n) is 5.88. The number of nitrogens with two attached hydrogens (primary N) is 2. The van der Waals surface area contributed by atoms with Gasteiger partial charge in [-0.15, -0.1) is 0 Å². The average molecular weight is 283 g/mol. The van der Waals surface area contributed by atoms with Crippen LogP contribution in [0.3, 0.4) is 0 Å². The number of rotatable bonds is 5. The van der Waals surface area contributed by atoms with Crippen LogP contribution in [0.2, 0.25) is 0 Å². The van der Waals surface area contributed by atoms with Gasteiger partial charge in [0, 0.05) is 19.4 Å². The lowest BCUT2D eigenvalue weighted by molar-refractivity contribution is -0.208. The van der Waals surface area contributed by atoms with E-state index in [2.05, 4.69) is 0 Å². The van der Waals surface area contributed by atoms with Crippen molar-refractivity contribution in [3.63, 3.8) is 0 Å². The highest BCUT2D eigenvalue weighted by Crippen LogP contribution is 2.47. The Morgan fingerprint density at radius 2 is 1.85 bits per heavy atom. The third kappa shape index (κ3) is 2.26. The van der Waals surface area contributed by atoms with Crippen molar-refractivity contribution < 1.29 is 19.5 Å². The van der Waals surface area contributed by atoms with E-state index in [1.807, 2.05) is 0 Å². The minimum atomic E-state index is -2.10. The number of amides is 3. The molecular weight excluding hydrogens is 262 g/mol. The van der Waals surface area contributed by atoms with Gasteiger partial charge in [-0.1, -0.05) is 19.3 Å². The molecule has 20 heavy (non-hydrogen) atoms. The lowest BCUT2D eigenvalue weighted by Crippen LogP contribution is -2.73. The number of aliphatic hydroxyl groups is 1. The number of β-lactam (4-membered cyclic amide) rings is 1. The molecule has 1 atom stereocenters. The monoisotopic (exact) mass is 283 g/mol. The molecule has 0 bridgehead atoms. The fraction of sp³-hybridized carbons (Fsp3) is 0.769. The number of primary amides is 2. The Balaban J connectivity index is 2.10. The van der Waals surface area contributed by atoms with Crippen molar-refractivity contribution in [2.24, 2.45) is 16.9 Å². The lowest BCUT2D eigenvalue weighted by atomic mass is 9.67. The van der Waals surface area contributed by atoms with Gasteiger partial charge in [0.2, 0.25) is 17.5 Å². The fourth-order valence-electron chi connectivity index (χ4n) is 3.23. The molecule has 3 amide bonds. The van der Waals surface area contributed by atoms with Crippen LogP contribution in [0.15, 0.2) is 0 Å². The maximum absolute atomic E-state index is 12.4. The first-order chi connectivity index (χ1) is 9.32. The molecule has 1 aliphatic heterocycles. The summed E-state index contributed by atoms with van der Waals surface area (Å²) in [4.78, 5) is 35.8. The van der Waals surface area contributed by atoms with Crippen molar-refractivity contribution >= 4 is 17.7 Å². The van der Waals surface area contributed by atoms with Gasteiger partial charge in [-0.2, -0.15) is 0 Å². The molecule has 2 aliphatic rings. The number of nitrogens with zero attached hydrogens (tertiary/aromatic N) is 1. The summed E-state index contributed by atoms with van der Waals surface area (Å²) in [6.07, 6.45) is 4.19. The van der Waals surface area contributed by atoms with E-state index in [1.165, 1.54) is 0 Å². The van der Waals surface area contributed by atoms with Gasteiger partial charge in [0.1, 0.15) is 0 Å². The van der Waals surface area contributed by atoms with Crippen molar-refractivity contribution in [3.05, 3.63) is 0 Å². The van der Waals surface area contributed by atoms with Crippen LogP contribution in [0.25, 0.3) is 0 Å². The Morgan fingerprint density at radius 1 is 1.25 bits per heavy atom. The van der Waals surface area contributed by atoms with Crippen LogP contribution in [-0.4, -0.2) is 40.0 Å². The Kier molecular flexibility index (Phi) is 3.73. The van der Waals surface area contributed by atoms with Crippen molar-refractivity contribution in [3.8, 4) is 0 Å². The van der Waals surface area contributed by atoms with Crippen LogP contribution in [-0.2, 0) is 14.4 Å². The van der Waals surface area contributed by atoms with Crippen LogP contribution in [0.1, 0.15) is 44.9 Å². The van der Waals surface area contributed by atoms with Crippen molar-refractivity contribution in [2.45, 2.75) is 50.7 Å². The summed E-state index contributed by atoms with van der Waals surface area (Å²) in [5, 5.41) is 10.4. The first-order valence-electron chi connectivity index (χ1n) is 6.94. The molecule has 7 heteroatoms. The molecule has 1 saturated carbocycles. The van der Waals surface area contributed by atoms with Gasteiger partial charge >= 0.3 is 0 Å². The topological polar surface area (TPSA) is 127 Å². The maximum Gasteiger partial charge on any atom is 0.270 e. The number of carbonyl (C=O) groups is 3. The van der Waals surface area contributed by atoms with Crippen molar-refractivity contribution in [2.75, 3.05) is 6.54 Å². The van der Waals surface area contributed by atoms with E-state index < -0.39 is 23.0 Å². The van der Waals surface area contributed by atoms with Gasteiger partial charge in [0.05, 0.1) is 5.41 Å². The van der Waals surface area contributed by atoms with Crippen LogP contribution < -0.4 is 11.5 Å². The van der Waals surface area contributed by atoms with Gasteiger partial charge in [0.15, 0.2) is 0 Å². The summed E-state index contributed by atoms with van der Waals surface area (Å²) >= 11 is 0. The highest BCUT2D eigenvalue weighted by Gasteiger charge is 2.59. The molecule has 2 rings (SSSR count). The maximum atomic E-state index is 12.4. The zero-order valence-corrected chi connectivity index (χ0v) is 11.4. The predicted molar refractivity (Wildman–Crippen MR) is 69.8 cm³/mol. The Labute approximate surface area is 117 Å². The molecule has 5 N–H and O–H groups in total. The SMILES string of the molecule is NC(=O)CC[C@](O)(C(N)=O)N1CC2(CCCCC2)C1=O. The van der Waals surface area contributed by atoms with Crippen molar-refractivity contribution in [1.29, 1.82) is 0 Å². The summed E-state index contributed by atoms with van der Waals surface area (Å²) < 4.78 is 0. The highest BCUT2D eigenvalue weighted by molar-refractivity contribution is 5.95. The van der Waals surface area contributed by atoms with E-state index in [-0.39, 0.29) is 18.7 Å². The quantitative estimate of drug-likeness (QED) is 0.572. The third-order valence-corrected chi connectivity index (χ3v) is 4.53. The number of likely N-dealkylation sites (tertiary alicyclic amines) is 1. The Hall–Kier alpha value is -1.63. The smallest absolute Gasteiger partial charge is 0.270 e. The van der Waals surface area contributed by atoms with E-state index in [4.69, 9.17) is 11.5 Å². The van der Waals surface area contributed by atoms with E-state index in [0.717, 1.165) is 37.0 Å². The molecule has 1 spiro atoms. The van der Waals surface area contributed by atoms with Gasteiger partial charge in [-0.3, -0.25) is 14.4 Å². The molecule has 2 fully saturated rings. The molecule has 0 aromatic heterocycles. The molecular formula is C13H21N3O4. The van der Waals surface area contributed by atoms with Gasteiger partial charge < -0.3 is 21.5 Å². The Morgan fingerprint density at radius 3 is 2.30 bits per heavy atom. The van der Waals surface area contributed by atoms with E-state index in [9.17, 15) is 19.5 Å². The van der Waals surface area contributed by atoms with E-state index in [1.54, 1.807) is 0 Å². The summed E-state index contributed by atoms with van der Waals surface area (Å²) in [7, 11) is 0. The van der Waals surface area contributed by atoms with Crippen LogP contribution in [0.4, 0.5) is 0 Å². The average Bonchev–Trinajstić information content (AvgIpc) is 2.42. The molecule has 7 nitrogen and oxygen atoms in total. The molecule has 112 valence electrons. The van der Waals surface area contributed by atoms with E-state index >= 15 is 0 Å². The lowest BCUT2D eigenvalue weighted by Gasteiger charge is -2.55. The zero-order valence-electron chi connectivity index (χ0n) is 11.4. The minimum absolute atomic E-state index is 0.198. The number of carbonyl (C=O) groups excluding carboxylic acids is 3. The first kappa shape index (κ1) is 14.8. The van der Waals surface area contributed by atoms with E-state index in [0.29, 0.717) is 6.54 Å². The zero-order chi connectivity index (χ0) is 15.0. The molecule has 1 heterocycles. The van der Waals surface area contributed by atoms with Gasteiger partial charge in [0.25, 0.3) is 5.91 Å². The largest absolute Gasteiger partial charge is 0.370 e. The van der Waals surface area contributed by atoms with Gasteiger partial charge in [-0.25, -0.2) is 0 Å². The normalized spacial score (nSPS) is 24.1. The summed E-state index contributed by atoms with van der Waals surface area (Å²) in [5.74, 6) is -1.90. The highest BCUT2D eigenvalue weighted by atomic mass is 16.3. The fourth-order valence-corrected chi connectivity index (χ4v) is 3.23. The molecule has 0 aromatic carbocycles.